The number of amides is 1. The summed E-state index contributed by atoms with van der Waals surface area (Å²) in [4.78, 5) is 12.1. The van der Waals surface area contributed by atoms with Gasteiger partial charge in [0.05, 0.1) is 12.8 Å². The number of hydrogen-bond acceptors (Lipinski definition) is 4. The molecule has 28 heavy (non-hydrogen) atoms. The predicted octanol–water partition coefficient (Wildman–Crippen LogP) is 4.43. The third kappa shape index (κ3) is 5.71. The van der Waals surface area contributed by atoms with Gasteiger partial charge in [-0.3, -0.25) is 4.79 Å². The topological polar surface area (TPSA) is 59.9 Å². The van der Waals surface area contributed by atoms with Gasteiger partial charge in [0.25, 0.3) is 5.91 Å². The maximum Gasteiger partial charge on any atom is 0.271 e. The zero-order valence-electron chi connectivity index (χ0n) is 15.7. The lowest BCUT2D eigenvalue weighted by Gasteiger charge is -2.07. The van der Waals surface area contributed by atoms with Gasteiger partial charge in [0.15, 0.2) is 0 Å². The monoisotopic (exact) mass is 374 g/mol. The van der Waals surface area contributed by atoms with E-state index >= 15 is 0 Å². The molecule has 3 aromatic rings. The molecular weight excluding hydrogens is 352 g/mol. The Morgan fingerprint density at radius 1 is 0.929 bits per heavy atom. The van der Waals surface area contributed by atoms with Crippen molar-refractivity contribution in [1.82, 2.24) is 5.43 Å². The molecule has 0 unspecified atom stereocenters. The summed E-state index contributed by atoms with van der Waals surface area (Å²) in [5.41, 5.74) is 4.97. The molecule has 142 valence electrons. The van der Waals surface area contributed by atoms with Crippen LogP contribution < -0.4 is 14.9 Å². The number of carbonyl (C=O) groups excluding carboxylic acids is 1. The molecule has 3 aromatic carbocycles. The normalized spacial score (nSPS) is 10.6. The summed E-state index contributed by atoms with van der Waals surface area (Å²) in [6.07, 6.45) is 1.59. The highest BCUT2D eigenvalue weighted by Crippen LogP contribution is 2.14. The van der Waals surface area contributed by atoms with Gasteiger partial charge in [-0.15, -0.1) is 0 Å². The van der Waals surface area contributed by atoms with E-state index < -0.39 is 0 Å². The van der Waals surface area contributed by atoms with Crippen LogP contribution in [0.2, 0.25) is 0 Å². The van der Waals surface area contributed by atoms with E-state index in [1.165, 1.54) is 0 Å². The van der Waals surface area contributed by atoms with Gasteiger partial charge in [-0.2, -0.15) is 5.10 Å². The maximum atomic E-state index is 12.1. The van der Waals surface area contributed by atoms with Gasteiger partial charge in [-0.05, 0) is 54.4 Å². The lowest BCUT2D eigenvalue weighted by Crippen LogP contribution is -2.17. The molecule has 0 saturated carbocycles. The van der Waals surface area contributed by atoms with Gasteiger partial charge >= 0.3 is 0 Å². The molecule has 3 rings (SSSR count). The summed E-state index contributed by atoms with van der Waals surface area (Å²) < 4.78 is 11.2. The molecule has 0 aliphatic heterocycles. The summed E-state index contributed by atoms with van der Waals surface area (Å²) in [5, 5.41) is 4.02. The maximum absolute atomic E-state index is 12.1. The van der Waals surface area contributed by atoms with Crippen LogP contribution in [0.4, 0.5) is 0 Å². The molecule has 0 heterocycles. The van der Waals surface area contributed by atoms with Crippen LogP contribution in [0, 0.1) is 0 Å². The molecule has 0 fully saturated rings. The number of carbonyl (C=O) groups is 1. The minimum absolute atomic E-state index is 0.282. The van der Waals surface area contributed by atoms with Gasteiger partial charge in [0, 0.05) is 5.56 Å². The molecular formula is C23H22N2O3. The van der Waals surface area contributed by atoms with Gasteiger partial charge < -0.3 is 9.47 Å². The fourth-order valence-electron chi connectivity index (χ4n) is 2.52. The number of nitrogens with one attached hydrogen (secondary N) is 1. The molecule has 0 aliphatic rings. The standard InChI is InChI=1S/C23H22N2O3/c1-2-27-21-13-11-20(12-14-21)23(26)25-24-16-19-9-6-10-22(15-19)28-17-18-7-4-3-5-8-18/h3-16H,2,17H2,1H3,(H,25,26)/b24-16+. The molecule has 5 nitrogen and oxygen atoms in total. The summed E-state index contributed by atoms with van der Waals surface area (Å²) in [7, 11) is 0. The third-order valence-electron chi connectivity index (χ3n) is 3.91. The van der Waals surface area contributed by atoms with Crippen LogP contribution in [-0.2, 0) is 6.61 Å². The minimum atomic E-state index is -0.282. The first-order valence-corrected chi connectivity index (χ1v) is 9.07. The largest absolute Gasteiger partial charge is 0.494 e. The highest BCUT2D eigenvalue weighted by molar-refractivity contribution is 5.95. The van der Waals surface area contributed by atoms with E-state index in [0.29, 0.717) is 18.8 Å². The second kappa shape index (κ2) is 9.92. The fourth-order valence-corrected chi connectivity index (χ4v) is 2.52. The number of hydrazone groups is 1. The number of benzene rings is 3. The fraction of sp³-hybridized carbons (Fsp3) is 0.130. The molecule has 0 aromatic heterocycles. The van der Waals surface area contributed by atoms with E-state index in [2.05, 4.69) is 10.5 Å². The first kappa shape index (κ1) is 19.2. The van der Waals surface area contributed by atoms with Gasteiger partial charge in [-0.25, -0.2) is 5.43 Å². The van der Waals surface area contributed by atoms with Crippen molar-refractivity contribution >= 4 is 12.1 Å². The van der Waals surface area contributed by atoms with Crippen molar-refractivity contribution in [2.75, 3.05) is 6.61 Å². The molecule has 0 saturated heterocycles. The highest BCUT2D eigenvalue weighted by atomic mass is 16.5. The van der Waals surface area contributed by atoms with Crippen molar-refractivity contribution < 1.29 is 14.3 Å². The van der Waals surface area contributed by atoms with Crippen molar-refractivity contribution in [3.63, 3.8) is 0 Å². The Kier molecular flexibility index (Phi) is 6.79. The Morgan fingerprint density at radius 2 is 1.71 bits per heavy atom. The van der Waals surface area contributed by atoms with Crippen LogP contribution in [-0.4, -0.2) is 18.7 Å². The molecule has 0 bridgehead atoms. The van der Waals surface area contributed by atoms with E-state index in [1.807, 2.05) is 61.5 Å². The Morgan fingerprint density at radius 3 is 2.46 bits per heavy atom. The first-order chi connectivity index (χ1) is 13.7. The van der Waals surface area contributed by atoms with Crippen molar-refractivity contribution in [3.8, 4) is 11.5 Å². The average molecular weight is 374 g/mol. The lowest BCUT2D eigenvalue weighted by molar-refractivity contribution is 0.0955. The number of ether oxygens (including phenoxy) is 2. The predicted molar refractivity (Wildman–Crippen MR) is 110 cm³/mol. The van der Waals surface area contributed by atoms with E-state index in [-0.39, 0.29) is 5.91 Å². The average Bonchev–Trinajstić information content (AvgIpc) is 2.74. The summed E-state index contributed by atoms with van der Waals surface area (Å²) in [6, 6.07) is 24.4. The van der Waals surface area contributed by atoms with Gasteiger partial charge in [0.2, 0.25) is 0 Å². The van der Waals surface area contributed by atoms with Crippen LogP contribution in [0.5, 0.6) is 11.5 Å². The van der Waals surface area contributed by atoms with Crippen LogP contribution in [0.15, 0.2) is 84.0 Å². The smallest absolute Gasteiger partial charge is 0.271 e. The van der Waals surface area contributed by atoms with E-state index in [1.54, 1.807) is 30.5 Å². The van der Waals surface area contributed by atoms with Crippen LogP contribution in [0.3, 0.4) is 0 Å². The summed E-state index contributed by atoms with van der Waals surface area (Å²) in [6.45, 7) is 3.00. The third-order valence-corrected chi connectivity index (χ3v) is 3.91. The highest BCUT2D eigenvalue weighted by Gasteiger charge is 2.04. The number of nitrogens with zero attached hydrogens (tertiary/aromatic N) is 1. The second-order valence-corrected chi connectivity index (χ2v) is 6.00. The zero-order chi connectivity index (χ0) is 19.6. The van der Waals surface area contributed by atoms with Crippen LogP contribution in [0.1, 0.15) is 28.4 Å². The van der Waals surface area contributed by atoms with Crippen molar-refractivity contribution in [3.05, 3.63) is 95.6 Å². The van der Waals surface area contributed by atoms with Gasteiger partial charge in [-0.1, -0.05) is 42.5 Å². The Balaban J connectivity index is 1.54. The van der Waals surface area contributed by atoms with E-state index in [9.17, 15) is 4.79 Å². The Hall–Kier alpha value is -3.60. The lowest BCUT2D eigenvalue weighted by atomic mass is 10.2. The minimum Gasteiger partial charge on any atom is -0.494 e. The van der Waals surface area contributed by atoms with Crippen molar-refractivity contribution in [1.29, 1.82) is 0 Å². The first-order valence-electron chi connectivity index (χ1n) is 9.07. The summed E-state index contributed by atoms with van der Waals surface area (Å²) in [5.74, 6) is 1.19. The quantitative estimate of drug-likeness (QED) is 0.469. The Labute approximate surface area is 164 Å². The number of hydrogen-bond donors (Lipinski definition) is 1. The zero-order valence-corrected chi connectivity index (χ0v) is 15.7. The Bertz CT molecular complexity index is 922. The molecule has 0 spiro atoms. The SMILES string of the molecule is CCOc1ccc(C(=O)N/N=C/c2cccc(OCc3ccccc3)c2)cc1. The van der Waals surface area contributed by atoms with E-state index in [0.717, 1.165) is 22.6 Å². The second-order valence-electron chi connectivity index (χ2n) is 6.00. The molecule has 0 atom stereocenters. The van der Waals surface area contributed by atoms with Crippen molar-refractivity contribution in [2.24, 2.45) is 5.10 Å². The molecule has 5 heteroatoms. The molecule has 0 aliphatic carbocycles. The van der Waals surface area contributed by atoms with Gasteiger partial charge in [0.1, 0.15) is 18.1 Å². The molecule has 1 N–H and O–H groups in total. The summed E-state index contributed by atoms with van der Waals surface area (Å²) >= 11 is 0. The van der Waals surface area contributed by atoms with Crippen LogP contribution >= 0.6 is 0 Å². The number of rotatable bonds is 8. The van der Waals surface area contributed by atoms with E-state index in [4.69, 9.17) is 9.47 Å². The molecule has 1 amide bonds. The van der Waals surface area contributed by atoms with Crippen LogP contribution in [0.25, 0.3) is 0 Å². The van der Waals surface area contributed by atoms with Crippen molar-refractivity contribution in [2.45, 2.75) is 13.5 Å². The molecule has 0 radical (unpaired) electrons.